The average Bonchev–Trinajstić information content (AvgIpc) is 2.33. The van der Waals surface area contributed by atoms with Gasteiger partial charge in [0, 0.05) is 23.8 Å². The van der Waals surface area contributed by atoms with Gasteiger partial charge < -0.3 is 10.1 Å². The predicted molar refractivity (Wildman–Crippen MR) is 73.6 cm³/mol. The minimum absolute atomic E-state index is 0.394. The van der Waals surface area contributed by atoms with E-state index in [0.29, 0.717) is 11.1 Å². The lowest BCUT2D eigenvalue weighted by molar-refractivity contribution is 0.0134. The molecule has 1 N–H and O–H groups in total. The summed E-state index contributed by atoms with van der Waals surface area (Å²) in [7, 11) is 0. The SMILES string of the molecule is Clc1cc(Br)cnc1NCCC1CCCCO1. The van der Waals surface area contributed by atoms with Gasteiger partial charge in [-0.3, -0.25) is 0 Å². The van der Waals surface area contributed by atoms with Crippen molar-refractivity contribution in [2.75, 3.05) is 18.5 Å². The first kappa shape index (κ1) is 13.1. The zero-order chi connectivity index (χ0) is 12.1. The van der Waals surface area contributed by atoms with E-state index < -0.39 is 0 Å². The third-order valence-corrected chi connectivity index (χ3v) is 3.56. The van der Waals surface area contributed by atoms with E-state index in [2.05, 4.69) is 26.2 Å². The van der Waals surface area contributed by atoms with Gasteiger partial charge in [-0.1, -0.05) is 11.6 Å². The molecule has 1 aromatic rings. The van der Waals surface area contributed by atoms with E-state index in [4.69, 9.17) is 16.3 Å². The summed E-state index contributed by atoms with van der Waals surface area (Å²) < 4.78 is 6.56. The summed E-state index contributed by atoms with van der Waals surface area (Å²) >= 11 is 9.40. The van der Waals surface area contributed by atoms with Gasteiger partial charge in [-0.2, -0.15) is 0 Å². The maximum absolute atomic E-state index is 6.06. The fourth-order valence-electron chi connectivity index (χ4n) is 1.93. The first-order chi connectivity index (χ1) is 8.25. The van der Waals surface area contributed by atoms with Crippen molar-refractivity contribution in [3.63, 3.8) is 0 Å². The zero-order valence-electron chi connectivity index (χ0n) is 9.59. The van der Waals surface area contributed by atoms with Crippen LogP contribution in [-0.4, -0.2) is 24.2 Å². The molecule has 0 spiro atoms. The summed E-state index contributed by atoms with van der Waals surface area (Å²) in [5.41, 5.74) is 0. The third kappa shape index (κ3) is 4.12. The lowest BCUT2D eigenvalue weighted by atomic mass is 10.1. The van der Waals surface area contributed by atoms with Gasteiger partial charge in [-0.15, -0.1) is 0 Å². The van der Waals surface area contributed by atoms with E-state index in [9.17, 15) is 0 Å². The minimum atomic E-state index is 0.394. The van der Waals surface area contributed by atoms with Crippen molar-refractivity contribution in [2.24, 2.45) is 0 Å². The van der Waals surface area contributed by atoms with Gasteiger partial charge in [0.05, 0.1) is 11.1 Å². The van der Waals surface area contributed by atoms with Crippen LogP contribution in [-0.2, 0) is 4.74 Å². The van der Waals surface area contributed by atoms with Crippen LogP contribution in [0.4, 0.5) is 5.82 Å². The van der Waals surface area contributed by atoms with Crippen LogP contribution in [0.2, 0.25) is 5.02 Å². The molecule has 0 amide bonds. The standard InChI is InChI=1S/C12H16BrClN2O/c13-9-7-11(14)12(16-8-9)15-5-4-10-3-1-2-6-17-10/h7-8,10H,1-6H2,(H,15,16). The van der Waals surface area contributed by atoms with Gasteiger partial charge in [-0.05, 0) is 47.7 Å². The van der Waals surface area contributed by atoms with Crippen LogP contribution in [0.25, 0.3) is 0 Å². The maximum Gasteiger partial charge on any atom is 0.144 e. The number of rotatable bonds is 4. The van der Waals surface area contributed by atoms with Crippen LogP contribution in [0.3, 0.4) is 0 Å². The highest BCUT2D eigenvalue weighted by Crippen LogP contribution is 2.23. The molecular weight excluding hydrogens is 304 g/mol. The summed E-state index contributed by atoms with van der Waals surface area (Å²) in [6, 6.07) is 1.84. The second kappa shape index (κ2) is 6.57. The molecule has 1 aromatic heterocycles. The summed E-state index contributed by atoms with van der Waals surface area (Å²) in [6.07, 6.45) is 6.79. The molecule has 1 unspecified atom stereocenters. The second-order valence-electron chi connectivity index (χ2n) is 4.19. The number of hydrogen-bond acceptors (Lipinski definition) is 3. The molecule has 0 bridgehead atoms. The molecule has 94 valence electrons. The molecule has 0 aromatic carbocycles. The van der Waals surface area contributed by atoms with E-state index in [1.54, 1.807) is 6.20 Å². The van der Waals surface area contributed by atoms with Crippen LogP contribution in [0.1, 0.15) is 25.7 Å². The number of nitrogens with one attached hydrogen (secondary N) is 1. The van der Waals surface area contributed by atoms with Crippen molar-refractivity contribution in [3.05, 3.63) is 21.8 Å². The Bertz CT molecular complexity index is 370. The maximum atomic E-state index is 6.06. The monoisotopic (exact) mass is 318 g/mol. The lowest BCUT2D eigenvalue weighted by Crippen LogP contribution is -2.22. The highest BCUT2D eigenvalue weighted by atomic mass is 79.9. The topological polar surface area (TPSA) is 34.2 Å². The summed E-state index contributed by atoms with van der Waals surface area (Å²) in [5.74, 6) is 0.741. The van der Waals surface area contributed by atoms with Crippen molar-refractivity contribution in [1.82, 2.24) is 4.98 Å². The van der Waals surface area contributed by atoms with E-state index in [0.717, 1.165) is 29.9 Å². The normalized spacial score (nSPS) is 20.2. The number of hydrogen-bond donors (Lipinski definition) is 1. The Hall–Kier alpha value is -0.320. The van der Waals surface area contributed by atoms with Crippen LogP contribution < -0.4 is 5.32 Å². The van der Waals surface area contributed by atoms with E-state index in [1.165, 1.54) is 19.3 Å². The van der Waals surface area contributed by atoms with Crippen molar-refractivity contribution in [2.45, 2.75) is 31.8 Å². The van der Waals surface area contributed by atoms with Crippen molar-refractivity contribution >= 4 is 33.3 Å². The zero-order valence-corrected chi connectivity index (χ0v) is 11.9. The van der Waals surface area contributed by atoms with Crippen LogP contribution in [0.15, 0.2) is 16.7 Å². The first-order valence-corrected chi connectivity index (χ1v) is 7.09. The summed E-state index contributed by atoms with van der Waals surface area (Å²) in [5, 5.41) is 3.89. The smallest absolute Gasteiger partial charge is 0.144 e. The quantitative estimate of drug-likeness (QED) is 0.915. The van der Waals surface area contributed by atoms with E-state index >= 15 is 0 Å². The third-order valence-electron chi connectivity index (χ3n) is 2.84. The molecule has 0 radical (unpaired) electrons. The Labute approximate surface area is 115 Å². The number of halogens is 2. The predicted octanol–water partition coefficient (Wildman–Crippen LogP) is 3.87. The Balaban J connectivity index is 1.77. The number of pyridine rings is 1. The Morgan fingerprint density at radius 3 is 3.12 bits per heavy atom. The molecule has 17 heavy (non-hydrogen) atoms. The number of ether oxygens (including phenoxy) is 1. The van der Waals surface area contributed by atoms with Crippen molar-refractivity contribution in [3.8, 4) is 0 Å². The van der Waals surface area contributed by atoms with Gasteiger partial charge >= 0.3 is 0 Å². The molecule has 3 nitrogen and oxygen atoms in total. The molecule has 0 saturated carbocycles. The summed E-state index contributed by atoms with van der Waals surface area (Å²) in [6.45, 7) is 1.75. The summed E-state index contributed by atoms with van der Waals surface area (Å²) in [4.78, 5) is 4.23. The molecule has 2 rings (SSSR count). The largest absolute Gasteiger partial charge is 0.378 e. The van der Waals surface area contributed by atoms with Crippen LogP contribution in [0.5, 0.6) is 0 Å². The van der Waals surface area contributed by atoms with Gasteiger partial charge in [0.2, 0.25) is 0 Å². The lowest BCUT2D eigenvalue weighted by Gasteiger charge is -2.22. The molecule has 1 saturated heterocycles. The first-order valence-electron chi connectivity index (χ1n) is 5.92. The van der Waals surface area contributed by atoms with Crippen LogP contribution >= 0.6 is 27.5 Å². The van der Waals surface area contributed by atoms with Gasteiger partial charge in [0.25, 0.3) is 0 Å². The second-order valence-corrected chi connectivity index (χ2v) is 5.51. The molecular formula is C12H16BrClN2O. The fraction of sp³-hybridized carbons (Fsp3) is 0.583. The highest BCUT2D eigenvalue weighted by Gasteiger charge is 2.13. The van der Waals surface area contributed by atoms with Gasteiger partial charge in [0.15, 0.2) is 0 Å². The number of aromatic nitrogens is 1. The molecule has 0 aliphatic carbocycles. The molecule has 2 heterocycles. The Kier molecular flexibility index (Phi) is 5.07. The highest BCUT2D eigenvalue weighted by molar-refractivity contribution is 9.10. The molecule has 1 fully saturated rings. The fourth-order valence-corrected chi connectivity index (χ4v) is 2.63. The Morgan fingerprint density at radius 2 is 2.41 bits per heavy atom. The average molecular weight is 320 g/mol. The Morgan fingerprint density at radius 1 is 1.53 bits per heavy atom. The molecule has 1 aliphatic rings. The van der Waals surface area contributed by atoms with Gasteiger partial charge in [0.1, 0.15) is 5.82 Å². The van der Waals surface area contributed by atoms with Crippen molar-refractivity contribution < 1.29 is 4.74 Å². The molecule has 1 atom stereocenters. The van der Waals surface area contributed by atoms with Crippen LogP contribution in [0, 0.1) is 0 Å². The minimum Gasteiger partial charge on any atom is -0.378 e. The number of anilines is 1. The molecule has 5 heteroatoms. The van der Waals surface area contributed by atoms with Crippen molar-refractivity contribution in [1.29, 1.82) is 0 Å². The molecule has 1 aliphatic heterocycles. The van der Waals surface area contributed by atoms with Gasteiger partial charge in [-0.25, -0.2) is 4.98 Å². The van der Waals surface area contributed by atoms with E-state index in [-0.39, 0.29) is 0 Å². The number of nitrogens with zero attached hydrogens (tertiary/aromatic N) is 1. The van der Waals surface area contributed by atoms with E-state index in [1.807, 2.05) is 6.07 Å².